The van der Waals surface area contributed by atoms with Crippen molar-refractivity contribution in [3.8, 4) is 0 Å². The molecular formula is C9H7Cl2N3O2. The summed E-state index contributed by atoms with van der Waals surface area (Å²) in [5.41, 5.74) is 0.860. The molecule has 0 aliphatic carbocycles. The number of aromatic nitrogens is 3. The van der Waals surface area contributed by atoms with Crippen molar-refractivity contribution in [1.29, 1.82) is 0 Å². The van der Waals surface area contributed by atoms with Gasteiger partial charge in [-0.05, 0) is 6.42 Å². The van der Waals surface area contributed by atoms with E-state index in [1.807, 2.05) is 6.92 Å². The number of nitrogens with zero attached hydrogens (tertiary/aromatic N) is 3. The molecule has 0 saturated heterocycles. The Morgan fingerprint density at radius 3 is 2.81 bits per heavy atom. The van der Waals surface area contributed by atoms with Crippen molar-refractivity contribution in [2.45, 2.75) is 13.3 Å². The molecule has 0 amide bonds. The summed E-state index contributed by atoms with van der Waals surface area (Å²) in [6, 6.07) is 1.32. The zero-order valence-corrected chi connectivity index (χ0v) is 9.75. The second-order valence-corrected chi connectivity index (χ2v) is 3.85. The van der Waals surface area contributed by atoms with Crippen LogP contribution in [-0.2, 0) is 6.42 Å². The molecule has 0 unspecified atom stereocenters. The number of aromatic carboxylic acids is 1. The number of hydrogen-bond acceptors (Lipinski definition) is 3. The Labute approximate surface area is 101 Å². The standard InChI is InChI=1S/C9H7Cl2N3O2/c1-2-4-7(10)12-6-3-5(9(15)16)13-14(6)8(4)11/h3H,2H2,1H3,(H,15,16). The van der Waals surface area contributed by atoms with Gasteiger partial charge in [-0.1, -0.05) is 30.1 Å². The Kier molecular flexibility index (Phi) is 2.73. The molecule has 0 aliphatic heterocycles. The van der Waals surface area contributed by atoms with E-state index in [0.717, 1.165) is 0 Å². The molecule has 0 atom stereocenters. The van der Waals surface area contributed by atoms with Crippen LogP contribution in [0.15, 0.2) is 6.07 Å². The van der Waals surface area contributed by atoms with Crippen molar-refractivity contribution in [3.05, 3.63) is 27.6 Å². The summed E-state index contributed by atoms with van der Waals surface area (Å²) in [6.07, 6.45) is 0.600. The predicted octanol–water partition coefficient (Wildman–Crippen LogP) is 2.30. The molecule has 2 rings (SSSR count). The van der Waals surface area contributed by atoms with Crippen LogP contribution in [0.2, 0.25) is 10.3 Å². The second kappa shape index (κ2) is 3.92. The van der Waals surface area contributed by atoms with Gasteiger partial charge in [0.2, 0.25) is 0 Å². The smallest absolute Gasteiger partial charge is 0.356 e. The van der Waals surface area contributed by atoms with Crippen LogP contribution < -0.4 is 0 Å². The number of fused-ring (bicyclic) bond motifs is 1. The molecule has 7 heteroatoms. The molecule has 2 aromatic heterocycles. The number of carboxylic acids is 1. The molecule has 0 saturated carbocycles. The molecule has 0 bridgehead atoms. The maximum absolute atomic E-state index is 10.7. The van der Waals surface area contributed by atoms with Crippen LogP contribution >= 0.6 is 23.2 Å². The van der Waals surface area contributed by atoms with E-state index in [1.165, 1.54) is 10.6 Å². The van der Waals surface area contributed by atoms with Crippen LogP contribution in [0.1, 0.15) is 23.0 Å². The van der Waals surface area contributed by atoms with Gasteiger partial charge in [0, 0.05) is 11.6 Å². The first-order valence-electron chi connectivity index (χ1n) is 4.51. The molecule has 0 radical (unpaired) electrons. The highest BCUT2D eigenvalue weighted by atomic mass is 35.5. The van der Waals surface area contributed by atoms with Crippen LogP contribution in [0.4, 0.5) is 0 Å². The Morgan fingerprint density at radius 2 is 2.25 bits per heavy atom. The molecule has 2 heterocycles. The number of carboxylic acid groups (broad SMARTS) is 1. The average molecular weight is 260 g/mol. The minimum Gasteiger partial charge on any atom is -0.476 e. The first-order valence-corrected chi connectivity index (χ1v) is 5.27. The molecule has 0 spiro atoms. The maximum atomic E-state index is 10.7. The fourth-order valence-electron chi connectivity index (χ4n) is 1.37. The van der Waals surface area contributed by atoms with E-state index in [2.05, 4.69) is 10.1 Å². The molecule has 2 aromatic rings. The number of hydrogen-bond donors (Lipinski definition) is 1. The highest BCUT2D eigenvalue weighted by Crippen LogP contribution is 2.24. The van der Waals surface area contributed by atoms with Gasteiger partial charge < -0.3 is 5.11 Å². The van der Waals surface area contributed by atoms with Gasteiger partial charge in [0.1, 0.15) is 10.3 Å². The van der Waals surface area contributed by atoms with Crippen LogP contribution in [0, 0.1) is 0 Å². The average Bonchev–Trinajstić information content (AvgIpc) is 2.62. The zero-order valence-electron chi connectivity index (χ0n) is 8.24. The SMILES string of the molecule is CCc1c(Cl)nc2cc(C(=O)O)nn2c1Cl. The van der Waals surface area contributed by atoms with Gasteiger partial charge in [0.15, 0.2) is 11.3 Å². The fourth-order valence-corrected chi connectivity index (χ4v) is 2.08. The maximum Gasteiger partial charge on any atom is 0.356 e. The van der Waals surface area contributed by atoms with Crippen molar-refractivity contribution >= 4 is 34.8 Å². The van der Waals surface area contributed by atoms with Crippen molar-refractivity contribution in [3.63, 3.8) is 0 Å². The summed E-state index contributed by atoms with van der Waals surface area (Å²) >= 11 is 12.0. The fraction of sp³-hybridized carbons (Fsp3) is 0.222. The van der Waals surface area contributed by atoms with Gasteiger partial charge >= 0.3 is 5.97 Å². The third-order valence-electron chi connectivity index (χ3n) is 2.16. The van der Waals surface area contributed by atoms with Crippen LogP contribution in [0.3, 0.4) is 0 Å². The topological polar surface area (TPSA) is 67.5 Å². The number of carbonyl (C=O) groups is 1. The van der Waals surface area contributed by atoms with E-state index in [1.54, 1.807) is 0 Å². The summed E-state index contributed by atoms with van der Waals surface area (Å²) in [6.45, 7) is 1.88. The van der Waals surface area contributed by atoms with Crippen LogP contribution in [0.25, 0.3) is 5.65 Å². The summed E-state index contributed by atoms with van der Waals surface area (Å²) in [4.78, 5) is 14.8. The zero-order chi connectivity index (χ0) is 11.9. The lowest BCUT2D eigenvalue weighted by Gasteiger charge is -2.04. The minimum absolute atomic E-state index is 0.112. The monoisotopic (exact) mass is 259 g/mol. The molecule has 16 heavy (non-hydrogen) atoms. The van der Waals surface area contributed by atoms with Crippen LogP contribution in [-0.4, -0.2) is 25.7 Å². The van der Waals surface area contributed by atoms with Gasteiger partial charge in [0.25, 0.3) is 0 Å². The van der Waals surface area contributed by atoms with Gasteiger partial charge in [-0.2, -0.15) is 5.10 Å². The van der Waals surface area contributed by atoms with Gasteiger partial charge in [-0.3, -0.25) is 0 Å². The lowest BCUT2D eigenvalue weighted by molar-refractivity contribution is 0.0690. The summed E-state index contributed by atoms with van der Waals surface area (Å²) in [5, 5.41) is 13.2. The molecular weight excluding hydrogens is 253 g/mol. The Bertz CT molecular complexity index is 580. The summed E-state index contributed by atoms with van der Waals surface area (Å²) < 4.78 is 1.27. The van der Waals surface area contributed by atoms with E-state index in [0.29, 0.717) is 22.8 Å². The van der Waals surface area contributed by atoms with Crippen molar-refractivity contribution in [2.24, 2.45) is 0 Å². The largest absolute Gasteiger partial charge is 0.476 e. The molecule has 0 aromatic carbocycles. The molecule has 84 valence electrons. The van der Waals surface area contributed by atoms with E-state index < -0.39 is 5.97 Å². The highest BCUT2D eigenvalue weighted by molar-refractivity contribution is 6.34. The lowest BCUT2D eigenvalue weighted by Crippen LogP contribution is -2.01. The second-order valence-electron chi connectivity index (χ2n) is 3.13. The molecule has 1 N–H and O–H groups in total. The summed E-state index contributed by atoms with van der Waals surface area (Å²) in [7, 11) is 0. The summed E-state index contributed by atoms with van der Waals surface area (Å²) in [5.74, 6) is -1.13. The molecule has 5 nitrogen and oxygen atoms in total. The first-order chi connectivity index (χ1) is 7.54. The molecule has 0 aliphatic rings. The van der Waals surface area contributed by atoms with E-state index in [-0.39, 0.29) is 10.8 Å². The third kappa shape index (κ3) is 1.62. The highest BCUT2D eigenvalue weighted by Gasteiger charge is 2.16. The van der Waals surface area contributed by atoms with Crippen LogP contribution in [0.5, 0.6) is 0 Å². The Hall–Kier alpha value is -1.33. The first kappa shape index (κ1) is 11.2. The van der Waals surface area contributed by atoms with Crippen molar-refractivity contribution in [2.75, 3.05) is 0 Å². The number of rotatable bonds is 2. The van der Waals surface area contributed by atoms with Crippen molar-refractivity contribution in [1.82, 2.24) is 14.6 Å². The van der Waals surface area contributed by atoms with Gasteiger partial charge in [-0.25, -0.2) is 14.3 Å². The normalized spacial score (nSPS) is 10.9. The Balaban J connectivity index is 2.78. The third-order valence-corrected chi connectivity index (χ3v) is 2.86. The van der Waals surface area contributed by atoms with Gasteiger partial charge in [-0.15, -0.1) is 0 Å². The minimum atomic E-state index is -1.13. The lowest BCUT2D eigenvalue weighted by atomic mass is 10.3. The van der Waals surface area contributed by atoms with E-state index >= 15 is 0 Å². The van der Waals surface area contributed by atoms with E-state index in [9.17, 15) is 4.79 Å². The molecule has 0 fully saturated rings. The number of halogens is 2. The quantitative estimate of drug-likeness (QED) is 0.841. The Morgan fingerprint density at radius 1 is 1.56 bits per heavy atom. The van der Waals surface area contributed by atoms with Crippen molar-refractivity contribution < 1.29 is 9.90 Å². The van der Waals surface area contributed by atoms with Gasteiger partial charge in [0.05, 0.1) is 0 Å². The predicted molar refractivity (Wildman–Crippen MR) is 59.3 cm³/mol. The van der Waals surface area contributed by atoms with E-state index in [4.69, 9.17) is 28.3 Å².